The summed E-state index contributed by atoms with van der Waals surface area (Å²) >= 11 is 5.21. The first-order valence-electron chi connectivity index (χ1n) is 7.56. The van der Waals surface area contributed by atoms with Gasteiger partial charge in [-0.2, -0.15) is 0 Å². The lowest BCUT2D eigenvalue weighted by atomic mass is 10.2. The number of carbonyl (C=O) groups is 1. The van der Waals surface area contributed by atoms with Gasteiger partial charge in [0.05, 0.1) is 19.8 Å². The summed E-state index contributed by atoms with van der Waals surface area (Å²) in [6.07, 6.45) is 0. The summed E-state index contributed by atoms with van der Waals surface area (Å²) in [5, 5.41) is 5.84. The van der Waals surface area contributed by atoms with Gasteiger partial charge in [-0.15, -0.1) is 0 Å². The number of amides is 1. The average molecular weight is 359 g/mol. The van der Waals surface area contributed by atoms with E-state index in [-0.39, 0.29) is 11.0 Å². The highest BCUT2D eigenvalue weighted by atomic mass is 32.1. The van der Waals surface area contributed by atoms with E-state index in [1.54, 1.807) is 25.3 Å². The summed E-state index contributed by atoms with van der Waals surface area (Å²) in [6, 6.07) is 12.7. The van der Waals surface area contributed by atoms with E-state index in [0.29, 0.717) is 17.1 Å². The smallest absolute Gasteiger partial charge is 0.261 e. The van der Waals surface area contributed by atoms with Crippen molar-refractivity contribution in [3.8, 4) is 11.5 Å². The monoisotopic (exact) mass is 359 g/mol. The van der Waals surface area contributed by atoms with E-state index in [2.05, 4.69) is 10.6 Å². The molecule has 132 valence electrons. The first-order valence-corrected chi connectivity index (χ1v) is 7.97. The molecular weight excluding hydrogens is 338 g/mol. The van der Waals surface area contributed by atoms with Gasteiger partial charge in [0.15, 0.2) is 5.11 Å². The van der Waals surface area contributed by atoms with Gasteiger partial charge in [0.1, 0.15) is 11.5 Å². The first-order chi connectivity index (χ1) is 11.9. The number of thiocarbonyl (C=S) groups is 1. The van der Waals surface area contributed by atoms with Crippen molar-refractivity contribution in [1.82, 2.24) is 5.32 Å². The number of nitrogens with one attached hydrogen (secondary N) is 2. The van der Waals surface area contributed by atoms with E-state index in [1.807, 2.05) is 43.3 Å². The third-order valence-electron chi connectivity index (χ3n) is 3.52. The molecule has 2 N–H and O–H groups in total. The van der Waals surface area contributed by atoms with Gasteiger partial charge in [0, 0.05) is 31.5 Å². The lowest BCUT2D eigenvalue weighted by molar-refractivity contribution is 0.0974. The maximum absolute atomic E-state index is 12.4. The maximum Gasteiger partial charge on any atom is 0.261 e. The third-order valence-corrected chi connectivity index (χ3v) is 3.73. The van der Waals surface area contributed by atoms with Gasteiger partial charge >= 0.3 is 0 Å². The molecule has 0 aliphatic rings. The number of hydrogen-bond acceptors (Lipinski definition) is 5. The summed E-state index contributed by atoms with van der Waals surface area (Å²) in [6.45, 7) is 0. The fourth-order valence-corrected chi connectivity index (χ4v) is 2.37. The van der Waals surface area contributed by atoms with Gasteiger partial charge in [-0.05, 0) is 48.6 Å². The van der Waals surface area contributed by atoms with Gasteiger partial charge in [-0.3, -0.25) is 10.1 Å². The molecule has 0 fully saturated rings. The fraction of sp³-hybridized carbons (Fsp3) is 0.222. The molecule has 6 nitrogen and oxygen atoms in total. The molecule has 0 aromatic heterocycles. The molecule has 0 bridgehead atoms. The molecule has 2 aromatic rings. The van der Waals surface area contributed by atoms with Crippen LogP contribution in [-0.4, -0.2) is 39.3 Å². The normalized spacial score (nSPS) is 9.92. The molecule has 2 aromatic carbocycles. The summed E-state index contributed by atoms with van der Waals surface area (Å²) < 4.78 is 10.4. The van der Waals surface area contributed by atoms with Gasteiger partial charge < -0.3 is 19.7 Å². The molecule has 0 saturated carbocycles. The topological polar surface area (TPSA) is 62.8 Å². The highest BCUT2D eigenvalue weighted by Crippen LogP contribution is 2.24. The van der Waals surface area contributed by atoms with Crippen LogP contribution in [0, 0.1) is 0 Å². The van der Waals surface area contributed by atoms with Crippen LogP contribution in [0.5, 0.6) is 11.5 Å². The largest absolute Gasteiger partial charge is 0.497 e. The average Bonchev–Trinajstić information content (AvgIpc) is 2.61. The van der Waals surface area contributed by atoms with Crippen molar-refractivity contribution in [2.75, 3.05) is 38.5 Å². The Morgan fingerprint density at radius 3 is 2.28 bits per heavy atom. The zero-order valence-corrected chi connectivity index (χ0v) is 15.4. The van der Waals surface area contributed by atoms with Crippen LogP contribution in [0.3, 0.4) is 0 Å². The van der Waals surface area contributed by atoms with Crippen LogP contribution in [-0.2, 0) is 0 Å². The van der Waals surface area contributed by atoms with Gasteiger partial charge in [0.25, 0.3) is 5.91 Å². The van der Waals surface area contributed by atoms with E-state index in [1.165, 1.54) is 7.11 Å². The standard InChI is InChI=1S/C18H21N3O3S/c1-21(2)13-7-5-12(6-8-13)19-18(25)20-17(22)15-10-9-14(23-3)11-16(15)24-4/h5-11H,1-4H3,(H2,19,20,22,25). The van der Waals surface area contributed by atoms with Crippen molar-refractivity contribution in [1.29, 1.82) is 0 Å². The van der Waals surface area contributed by atoms with Crippen LogP contribution in [0.1, 0.15) is 10.4 Å². The number of hydrogen-bond donors (Lipinski definition) is 2. The lowest BCUT2D eigenvalue weighted by Crippen LogP contribution is -2.34. The number of anilines is 2. The second-order valence-electron chi connectivity index (χ2n) is 5.42. The number of methoxy groups -OCH3 is 2. The Balaban J connectivity index is 2.03. The lowest BCUT2D eigenvalue weighted by Gasteiger charge is -2.14. The SMILES string of the molecule is COc1ccc(C(=O)NC(=S)Nc2ccc(N(C)C)cc2)c(OC)c1. The van der Waals surface area contributed by atoms with Crippen molar-refractivity contribution in [3.63, 3.8) is 0 Å². The van der Waals surface area contributed by atoms with Gasteiger partial charge in [0.2, 0.25) is 0 Å². The van der Waals surface area contributed by atoms with Gasteiger partial charge in [-0.25, -0.2) is 0 Å². The minimum atomic E-state index is -0.359. The Morgan fingerprint density at radius 1 is 1.04 bits per heavy atom. The molecule has 0 atom stereocenters. The molecule has 0 unspecified atom stereocenters. The molecule has 2 rings (SSSR count). The third kappa shape index (κ3) is 4.84. The molecule has 0 heterocycles. The highest BCUT2D eigenvalue weighted by Gasteiger charge is 2.14. The Kier molecular flexibility index (Phi) is 6.19. The van der Waals surface area contributed by atoms with Crippen molar-refractivity contribution in [2.45, 2.75) is 0 Å². The number of rotatable bonds is 5. The number of benzene rings is 2. The minimum absolute atomic E-state index is 0.209. The minimum Gasteiger partial charge on any atom is -0.497 e. The van der Waals surface area contributed by atoms with Crippen LogP contribution in [0.4, 0.5) is 11.4 Å². The van der Waals surface area contributed by atoms with Crippen molar-refractivity contribution >= 4 is 34.6 Å². The molecule has 0 spiro atoms. The Labute approximate surface area is 152 Å². The number of nitrogens with zero attached hydrogens (tertiary/aromatic N) is 1. The molecular formula is C18H21N3O3S. The van der Waals surface area contributed by atoms with Crippen LogP contribution < -0.4 is 25.0 Å². The number of ether oxygens (including phenoxy) is 2. The zero-order valence-electron chi connectivity index (χ0n) is 14.6. The van der Waals surface area contributed by atoms with Crippen LogP contribution >= 0.6 is 12.2 Å². The Hall–Kier alpha value is -2.80. The second-order valence-corrected chi connectivity index (χ2v) is 5.82. The Morgan fingerprint density at radius 2 is 1.72 bits per heavy atom. The fourth-order valence-electron chi connectivity index (χ4n) is 2.16. The van der Waals surface area contributed by atoms with E-state index in [9.17, 15) is 4.79 Å². The molecule has 0 saturated heterocycles. The van der Waals surface area contributed by atoms with Gasteiger partial charge in [-0.1, -0.05) is 0 Å². The first kappa shape index (κ1) is 18.5. The van der Waals surface area contributed by atoms with E-state index in [4.69, 9.17) is 21.7 Å². The van der Waals surface area contributed by atoms with Crippen molar-refractivity contribution in [2.24, 2.45) is 0 Å². The number of carbonyl (C=O) groups excluding carboxylic acids is 1. The molecule has 0 aliphatic heterocycles. The van der Waals surface area contributed by atoms with Crippen LogP contribution in [0.25, 0.3) is 0 Å². The second kappa shape index (κ2) is 8.34. The molecule has 1 amide bonds. The van der Waals surface area contributed by atoms with Crippen molar-refractivity contribution in [3.05, 3.63) is 48.0 Å². The maximum atomic E-state index is 12.4. The summed E-state index contributed by atoms with van der Waals surface area (Å²) in [7, 11) is 6.98. The molecule has 0 radical (unpaired) electrons. The predicted molar refractivity (Wildman–Crippen MR) is 104 cm³/mol. The quantitative estimate of drug-likeness (QED) is 0.801. The van der Waals surface area contributed by atoms with E-state index >= 15 is 0 Å². The van der Waals surface area contributed by atoms with E-state index in [0.717, 1.165) is 11.4 Å². The highest BCUT2D eigenvalue weighted by molar-refractivity contribution is 7.80. The summed E-state index contributed by atoms with van der Waals surface area (Å²) in [5.74, 6) is 0.659. The van der Waals surface area contributed by atoms with Crippen molar-refractivity contribution < 1.29 is 14.3 Å². The zero-order chi connectivity index (χ0) is 18.4. The van der Waals surface area contributed by atoms with E-state index < -0.39 is 0 Å². The summed E-state index contributed by atoms with van der Waals surface area (Å²) in [4.78, 5) is 14.4. The molecule has 25 heavy (non-hydrogen) atoms. The Bertz CT molecular complexity index is 761. The van der Waals surface area contributed by atoms with Crippen LogP contribution in [0.15, 0.2) is 42.5 Å². The predicted octanol–water partition coefficient (Wildman–Crippen LogP) is 2.90. The molecule has 7 heteroatoms. The summed E-state index contributed by atoms with van der Waals surface area (Å²) in [5.41, 5.74) is 2.23. The van der Waals surface area contributed by atoms with Crippen LogP contribution in [0.2, 0.25) is 0 Å². The molecule has 0 aliphatic carbocycles.